The van der Waals surface area contributed by atoms with E-state index in [9.17, 15) is 9.59 Å². The molecule has 0 radical (unpaired) electrons. The number of nitrogens with one attached hydrogen (secondary N) is 4. The summed E-state index contributed by atoms with van der Waals surface area (Å²) >= 11 is 0. The van der Waals surface area contributed by atoms with Gasteiger partial charge in [-0.1, -0.05) is 12.1 Å². The summed E-state index contributed by atoms with van der Waals surface area (Å²) < 4.78 is 1.75. The van der Waals surface area contributed by atoms with Crippen LogP contribution in [0.5, 0.6) is 0 Å². The first-order chi connectivity index (χ1) is 14.2. The molecule has 0 saturated heterocycles. The van der Waals surface area contributed by atoms with Crippen LogP contribution in [0.2, 0.25) is 0 Å². The lowest BCUT2D eigenvalue weighted by atomic mass is 10.1. The van der Waals surface area contributed by atoms with E-state index in [-0.39, 0.29) is 23.2 Å². The van der Waals surface area contributed by atoms with Gasteiger partial charge in [-0.2, -0.15) is 10.1 Å². The number of H-pyrrole nitrogens is 1. The van der Waals surface area contributed by atoms with E-state index in [2.05, 4.69) is 31.0 Å². The molecule has 1 atom stereocenters. The lowest BCUT2D eigenvalue weighted by Gasteiger charge is -2.20. The van der Waals surface area contributed by atoms with Crippen LogP contribution in [0.1, 0.15) is 52.1 Å². The van der Waals surface area contributed by atoms with E-state index in [1.807, 2.05) is 52.0 Å². The van der Waals surface area contributed by atoms with Gasteiger partial charge in [0.15, 0.2) is 5.65 Å². The van der Waals surface area contributed by atoms with Gasteiger partial charge >= 0.3 is 6.03 Å². The smallest absolute Gasteiger partial charge is 0.319 e. The van der Waals surface area contributed by atoms with Crippen LogP contribution in [-0.4, -0.2) is 31.8 Å². The van der Waals surface area contributed by atoms with Gasteiger partial charge in [-0.15, -0.1) is 0 Å². The summed E-state index contributed by atoms with van der Waals surface area (Å²) in [6, 6.07) is 7.60. The molecular weight excluding hydrogens is 382 g/mol. The van der Waals surface area contributed by atoms with Gasteiger partial charge in [0.25, 0.3) is 5.56 Å². The average Bonchev–Trinajstić information content (AvgIpc) is 3.35. The molecule has 4 rings (SSSR count). The minimum absolute atomic E-state index is 0.106. The molecule has 1 saturated carbocycles. The Hall–Kier alpha value is -3.36. The molecule has 2 aromatic heterocycles. The fourth-order valence-electron chi connectivity index (χ4n) is 3.20. The van der Waals surface area contributed by atoms with Gasteiger partial charge in [0.2, 0.25) is 5.95 Å². The molecule has 0 spiro atoms. The van der Waals surface area contributed by atoms with Crippen LogP contribution in [-0.2, 0) is 5.54 Å². The summed E-state index contributed by atoms with van der Waals surface area (Å²) in [4.78, 5) is 31.7. The maximum Gasteiger partial charge on any atom is 0.319 e. The molecule has 1 aromatic carbocycles. The number of carbonyl (C=O) groups excluding carboxylic acids is 1. The molecule has 1 aliphatic carbocycles. The zero-order valence-corrected chi connectivity index (χ0v) is 17.6. The molecule has 1 aliphatic rings. The van der Waals surface area contributed by atoms with Crippen molar-refractivity contribution in [2.24, 2.45) is 0 Å². The van der Waals surface area contributed by atoms with Crippen molar-refractivity contribution in [3.63, 3.8) is 0 Å². The number of anilines is 2. The molecule has 3 aromatic rings. The maximum atomic E-state index is 12.5. The number of hydrogen-bond donors (Lipinski definition) is 4. The first kappa shape index (κ1) is 19.9. The quantitative estimate of drug-likeness (QED) is 0.516. The Bertz CT molecular complexity index is 1120. The van der Waals surface area contributed by atoms with Gasteiger partial charge in [0.1, 0.15) is 5.39 Å². The van der Waals surface area contributed by atoms with Crippen molar-refractivity contribution in [2.45, 2.75) is 58.2 Å². The number of hydrogen-bond acceptors (Lipinski definition) is 5. The fraction of sp³-hybridized carbons (Fsp3) is 0.429. The summed E-state index contributed by atoms with van der Waals surface area (Å²) in [6.07, 6.45) is 3.65. The third-order valence-electron chi connectivity index (χ3n) is 5.01. The molecule has 4 N–H and O–H groups in total. The predicted octanol–water partition coefficient (Wildman–Crippen LogP) is 3.33. The number of aromatic amines is 1. The Labute approximate surface area is 174 Å². The monoisotopic (exact) mass is 409 g/mol. The standard InChI is InChI=1S/C21H27N7O2/c1-12(13-5-7-14(8-6-13)24-20(30)25-15-9-10-15)23-19-26-17-16(18(29)27-19)11-22-28(17)21(2,3)4/h5-8,11-12,15H,9-10H2,1-4H3,(H2,24,25,30)(H2,23,26,27,29). The SMILES string of the molecule is CC(Nc1nc2c(cnn2C(C)(C)C)c(=O)[nH]1)c1ccc(NC(=O)NC2CC2)cc1. The third-order valence-corrected chi connectivity index (χ3v) is 5.01. The molecule has 30 heavy (non-hydrogen) atoms. The van der Waals surface area contributed by atoms with E-state index >= 15 is 0 Å². The van der Waals surface area contributed by atoms with Crippen molar-refractivity contribution in [1.82, 2.24) is 25.1 Å². The maximum absolute atomic E-state index is 12.5. The summed E-state index contributed by atoms with van der Waals surface area (Å²) in [6.45, 7) is 8.02. The Morgan fingerprint density at radius 3 is 2.57 bits per heavy atom. The van der Waals surface area contributed by atoms with Crippen LogP contribution in [0.25, 0.3) is 11.0 Å². The first-order valence-electron chi connectivity index (χ1n) is 10.1. The number of benzene rings is 1. The van der Waals surface area contributed by atoms with Gasteiger partial charge in [0.05, 0.1) is 17.8 Å². The Balaban J connectivity index is 1.49. The van der Waals surface area contributed by atoms with Crippen molar-refractivity contribution in [1.29, 1.82) is 0 Å². The van der Waals surface area contributed by atoms with Crippen LogP contribution in [0.15, 0.2) is 35.3 Å². The van der Waals surface area contributed by atoms with Crippen LogP contribution >= 0.6 is 0 Å². The Kier molecular flexibility index (Phi) is 4.97. The lowest BCUT2D eigenvalue weighted by molar-refractivity contribution is 0.251. The number of amides is 2. The highest BCUT2D eigenvalue weighted by molar-refractivity contribution is 5.89. The molecule has 9 heteroatoms. The number of nitrogens with zero attached hydrogens (tertiary/aromatic N) is 3. The van der Waals surface area contributed by atoms with Crippen LogP contribution in [0.3, 0.4) is 0 Å². The van der Waals surface area contributed by atoms with E-state index in [0.717, 1.165) is 24.1 Å². The normalized spacial score (nSPS) is 15.1. The van der Waals surface area contributed by atoms with Crippen LogP contribution in [0.4, 0.5) is 16.4 Å². The topological polar surface area (TPSA) is 117 Å². The zero-order chi connectivity index (χ0) is 21.5. The summed E-state index contributed by atoms with van der Waals surface area (Å²) in [7, 11) is 0. The second-order valence-corrected chi connectivity index (χ2v) is 8.74. The Morgan fingerprint density at radius 2 is 1.93 bits per heavy atom. The molecule has 9 nitrogen and oxygen atoms in total. The number of urea groups is 1. The summed E-state index contributed by atoms with van der Waals surface area (Å²) in [5, 5.41) is 13.8. The van der Waals surface area contributed by atoms with Crippen LogP contribution < -0.4 is 21.5 Å². The van der Waals surface area contributed by atoms with E-state index in [0.29, 0.717) is 23.0 Å². The van der Waals surface area contributed by atoms with Crippen molar-refractivity contribution in [3.05, 3.63) is 46.4 Å². The predicted molar refractivity (Wildman–Crippen MR) is 117 cm³/mol. The van der Waals surface area contributed by atoms with Gasteiger partial charge in [0, 0.05) is 11.7 Å². The van der Waals surface area contributed by atoms with Crippen molar-refractivity contribution >= 4 is 28.7 Å². The molecule has 0 bridgehead atoms. The highest BCUT2D eigenvalue weighted by atomic mass is 16.2. The van der Waals surface area contributed by atoms with Gasteiger partial charge in [-0.25, -0.2) is 9.48 Å². The zero-order valence-electron chi connectivity index (χ0n) is 17.6. The van der Waals surface area contributed by atoms with Crippen molar-refractivity contribution < 1.29 is 4.79 Å². The minimum Gasteiger partial charge on any atom is -0.349 e. The first-order valence-corrected chi connectivity index (χ1v) is 10.1. The average molecular weight is 409 g/mol. The van der Waals surface area contributed by atoms with E-state index in [4.69, 9.17) is 0 Å². The molecule has 158 valence electrons. The molecule has 2 heterocycles. The highest BCUT2D eigenvalue weighted by Crippen LogP contribution is 2.22. The van der Waals surface area contributed by atoms with E-state index in [1.54, 1.807) is 10.9 Å². The highest BCUT2D eigenvalue weighted by Gasteiger charge is 2.23. The van der Waals surface area contributed by atoms with Crippen molar-refractivity contribution in [2.75, 3.05) is 10.6 Å². The van der Waals surface area contributed by atoms with Crippen LogP contribution in [0, 0.1) is 0 Å². The molecular formula is C21H27N7O2. The van der Waals surface area contributed by atoms with E-state index in [1.165, 1.54) is 0 Å². The molecule has 0 aliphatic heterocycles. The number of rotatable bonds is 5. The van der Waals surface area contributed by atoms with Gasteiger partial charge in [-0.05, 0) is 58.2 Å². The molecule has 1 fully saturated rings. The van der Waals surface area contributed by atoms with Gasteiger partial charge in [-0.3, -0.25) is 9.78 Å². The lowest BCUT2D eigenvalue weighted by Crippen LogP contribution is -2.30. The Morgan fingerprint density at radius 1 is 1.23 bits per heavy atom. The molecule has 2 amide bonds. The second kappa shape index (κ2) is 7.47. The number of fused-ring (bicyclic) bond motifs is 1. The summed E-state index contributed by atoms with van der Waals surface area (Å²) in [5.74, 6) is 0.386. The van der Waals surface area contributed by atoms with Gasteiger partial charge < -0.3 is 16.0 Å². The third kappa shape index (κ3) is 4.29. The second-order valence-electron chi connectivity index (χ2n) is 8.74. The fourth-order valence-corrected chi connectivity index (χ4v) is 3.20. The minimum atomic E-state index is -0.292. The largest absolute Gasteiger partial charge is 0.349 e. The molecule has 1 unspecified atom stereocenters. The summed E-state index contributed by atoms with van der Waals surface area (Å²) in [5.41, 5.74) is 1.75. The van der Waals surface area contributed by atoms with Crippen molar-refractivity contribution in [3.8, 4) is 0 Å². The van der Waals surface area contributed by atoms with E-state index < -0.39 is 0 Å². The number of carbonyl (C=O) groups is 1. The number of aromatic nitrogens is 4.